The van der Waals surface area contributed by atoms with Gasteiger partial charge in [-0.15, -0.1) is 0 Å². The lowest BCUT2D eigenvalue weighted by Gasteiger charge is -2.38. The van der Waals surface area contributed by atoms with Gasteiger partial charge in [-0.25, -0.2) is 0 Å². The van der Waals surface area contributed by atoms with E-state index in [-0.39, 0.29) is 0 Å². The van der Waals surface area contributed by atoms with Crippen LogP contribution in [-0.2, 0) is 0 Å². The summed E-state index contributed by atoms with van der Waals surface area (Å²) < 4.78 is 0. The van der Waals surface area contributed by atoms with E-state index in [4.69, 9.17) is 0 Å². The lowest BCUT2D eigenvalue weighted by atomic mass is 9.83. The fraction of sp³-hybridized carbons (Fsp3) is 1.00. The zero-order chi connectivity index (χ0) is 12.0. The average Bonchev–Trinajstić information content (AvgIpc) is 2.35. The van der Waals surface area contributed by atoms with Crippen LogP contribution in [0.1, 0.15) is 52.4 Å². The first-order chi connectivity index (χ1) is 7.72. The molecule has 1 atom stereocenters. The molecule has 1 unspecified atom stereocenters. The molecule has 1 N–H and O–H groups in total. The lowest BCUT2D eigenvalue weighted by Crippen LogP contribution is -2.46. The summed E-state index contributed by atoms with van der Waals surface area (Å²) >= 11 is 0. The quantitative estimate of drug-likeness (QED) is 0.749. The van der Waals surface area contributed by atoms with Crippen LogP contribution in [0, 0.1) is 5.92 Å². The molecule has 0 radical (unpaired) electrons. The summed E-state index contributed by atoms with van der Waals surface area (Å²) in [5.74, 6) is 1.01. The molecule has 0 aromatic heterocycles. The van der Waals surface area contributed by atoms with Crippen LogP contribution >= 0.6 is 0 Å². The van der Waals surface area contributed by atoms with Gasteiger partial charge in [0.1, 0.15) is 0 Å². The summed E-state index contributed by atoms with van der Waals surface area (Å²) in [5, 5.41) is 3.32. The Labute approximate surface area is 102 Å². The van der Waals surface area contributed by atoms with Crippen molar-refractivity contribution >= 4 is 0 Å². The van der Waals surface area contributed by atoms with Crippen LogP contribution in [0.15, 0.2) is 0 Å². The van der Waals surface area contributed by atoms with E-state index >= 15 is 0 Å². The maximum absolute atomic E-state index is 3.32. The van der Waals surface area contributed by atoms with E-state index in [1.165, 1.54) is 38.5 Å². The third-order valence-corrected chi connectivity index (χ3v) is 4.46. The fourth-order valence-electron chi connectivity index (χ4n) is 3.07. The Morgan fingerprint density at radius 1 is 1.19 bits per heavy atom. The van der Waals surface area contributed by atoms with Crippen molar-refractivity contribution in [1.82, 2.24) is 10.2 Å². The summed E-state index contributed by atoms with van der Waals surface area (Å²) in [6, 6.07) is 1.55. The molecular weight excluding hydrogens is 196 g/mol. The molecule has 0 aliphatic heterocycles. The largest absolute Gasteiger partial charge is 0.318 e. The minimum atomic E-state index is 0.716. The first-order valence-corrected chi connectivity index (χ1v) is 7.09. The van der Waals surface area contributed by atoms with Crippen LogP contribution in [0.4, 0.5) is 0 Å². The molecule has 0 spiro atoms. The number of nitrogens with one attached hydrogen (secondary N) is 1. The third-order valence-electron chi connectivity index (χ3n) is 4.46. The Kier molecular flexibility index (Phi) is 6.37. The van der Waals surface area contributed by atoms with Gasteiger partial charge < -0.3 is 5.32 Å². The van der Waals surface area contributed by atoms with Gasteiger partial charge in [0.05, 0.1) is 0 Å². The van der Waals surface area contributed by atoms with Crippen molar-refractivity contribution in [2.24, 2.45) is 5.92 Å². The highest BCUT2D eigenvalue weighted by atomic mass is 15.2. The Morgan fingerprint density at radius 3 is 2.25 bits per heavy atom. The highest BCUT2D eigenvalue weighted by Gasteiger charge is 2.26. The molecule has 0 aromatic rings. The van der Waals surface area contributed by atoms with E-state index < -0.39 is 0 Å². The summed E-state index contributed by atoms with van der Waals surface area (Å²) in [6.45, 7) is 5.77. The second kappa shape index (κ2) is 7.29. The molecule has 0 saturated heterocycles. The second-order valence-corrected chi connectivity index (χ2v) is 5.37. The summed E-state index contributed by atoms with van der Waals surface area (Å²) in [5.41, 5.74) is 0. The van der Waals surface area contributed by atoms with E-state index in [0.717, 1.165) is 18.5 Å². The third kappa shape index (κ3) is 3.74. The average molecular weight is 226 g/mol. The van der Waals surface area contributed by atoms with Crippen molar-refractivity contribution in [2.75, 3.05) is 20.6 Å². The minimum absolute atomic E-state index is 0.716. The van der Waals surface area contributed by atoms with Crippen molar-refractivity contribution < 1.29 is 0 Å². The van der Waals surface area contributed by atoms with Gasteiger partial charge in [-0.3, -0.25) is 4.90 Å². The molecule has 0 heterocycles. The molecule has 2 nitrogen and oxygen atoms in total. The smallest absolute Gasteiger partial charge is 0.0217 e. The Bertz CT molecular complexity index is 174. The Hall–Kier alpha value is -0.0800. The number of likely N-dealkylation sites (N-methyl/N-ethyl adjacent to an activating group) is 2. The van der Waals surface area contributed by atoms with Gasteiger partial charge >= 0.3 is 0 Å². The maximum atomic E-state index is 3.32. The summed E-state index contributed by atoms with van der Waals surface area (Å²) in [7, 11) is 4.38. The van der Waals surface area contributed by atoms with Crippen molar-refractivity contribution in [2.45, 2.75) is 64.5 Å². The van der Waals surface area contributed by atoms with Crippen molar-refractivity contribution in [3.05, 3.63) is 0 Å². The molecule has 1 rings (SSSR count). The van der Waals surface area contributed by atoms with Gasteiger partial charge in [0.25, 0.3) is 0 Å². The predicted molar refractivity (Wildman–Crippen MR) is 71.8 cm³/mol. The molecule has 0 aromatic carbocycles. The predicted octanol–water partition coefficient (Wildman–Crippen LogP) is 2.89. The first-order valence-electron chi connectivity index (χ1n) is 7.09. The second-order valence-electron chi connectivity index (χ2n) is 5.37. The van der Waals surface area contributed by atoms with Gasteiger partial charge in [0, 0.05) is 18.6 Å². The Morgan fingerprint density at radius 2 is 1.81 bits per heavy atom. The highest BCUT2D eigenvalue weighted by Crippen LogP contribution is 2.29. The lowest BCUT2D eigenvalue weighted by molar-refractivity contribution is 0.116. The van der Waals surface area contributed by atoms with Crippen molar-refractivity contribution in [1.29, 1.82) is 0 Å². The molecule has 0 amide bonds. The zero-order valence-corrected chi connectivity index (χ0v) is 11.6. The molecule has 2 heteroatoms. The van der Waals surface area contributed by atoms with Crippen LogP contribution in [0.2, 0.25) is 0 Å². The molecule has 1 fully saturated rings. The molecule has 1 aliphatic rings. The van der Waals surface area contributed by atoms with Crippen molar-refractivity contribution in [3.63, 3.8) is 0 Å². The number of hydrogen-bond acceptors (Lipinski definition) is 2. The SMILES string of the molecule is CCC1CCC(N(C)C(CC)CNC)CC1. The number of hydrogen-bond donors (Lipinski definition) is 1. The molecule has 1 saturated carbocycles. The van der Waals surface area contributed by atoms with Gasteiger partial charge in [-0.1, -0.05) is 20.3 Å². The van der Waals surface area contributed by atoms with E-state index in [0.29, 0.717) is 6.04 Å². The maximum Gasteiger partial charge on any atom is 0.0217 e. The van der Waals surface area contributed by atoms with Gasteiger partial charge in [-0.05, 0) is 52.1 Å². The molecule has 1 aliphatic carbocycles. The zero-order valence-electron chi connectivity index (χ0n) is 11.6. The Balaban J connectivity index is 2.39. The summed E-state index contributed by atoms with van der Waals surface area (Å²) in [4.78, 5) is 2.63. The van der Waals surface area contributed by atoms with Crippen molar-refractivity contribution in [3.8, 4) is 0 Å². The summed E-state index contributed by atoms with van der Waals surface area (Å²) in [6.07, 6.45) is 8.35. The number of nitrogens with zero attached hydrogens (tertiary/aromatic N) is 1. The van der Waals surface area contributed by atoms with E-state index in [1.54, 1.807) is 0 Å². The molecular formula is C14H30N2. The van der Waals surface area contributed by atoms with E-state index in [1.807, 2.05) is 0 Å². The van der Waals surface area contributed by atoms with Crippen LogP contribution in [0.3, 0.4) is 0 Å². The molecule has 96 valence electrons. The standard InChI is InChI=1S/C14H30N2/c1-5-12-7-9-14(10-8-12)16(4)13(6-2)11-15-3/h12-15H,5-11H2,1-4H3. The monoisotopic (exact) mass is 226 g/mol. The minimum Gasteiger partial charge on any atom is -0.318 e. The molecule has 16 heavy (non-hydrogen) atoms. The van der Waals surface area contributed by atoms with Crippen LogP contribution in [-0.4, -0.2) is 37.6 Å². The normalized spacial score (nSPS) is 28.3. The van der Waals surface area contributed by atoms with Gasteiger partial charge in [-0.2, -0.15) is 0 Å². The topological polar surface area (TPSA) is 15.3 Å². The van der Waals surface area contributed by atoms with Crippen LogP contribution in [0.25, 0.3) is 0 Å². The van der Waals surface area contributed by atoms with E-state index in [2.05, 4.69) is 38.2 Å². The van der Waals surface area contributed by atoms with Gasteiger partial charge in [0.2, 0.25) is 0 Å². The van der Waals surface area contributed by atoms with Crippen LogP contribution in [0.5, 0.6) is 0 Å². The first kappa shape index (κ1) is 14.0. The fourth-order valence-corrected chi connectivity index (χ4v) is 3.07. The molecule has 0 bridgehead atoms. The van der Waals surface area contributed by atoms with E-state index in [9.17, 15) is 0 Å². The number of rotatable bonds is 6. The highest BCUT2D eigenvalue weighted by molar-refractivity contribution is 4.82. The van der Waals surface area contributed by atoms with Gasteiger partial charge in [0.15, 0.2) is 0 Å². The van der Waals surface area contributed by atoms with Crippen LogP contribution < -0.4 is 5.32 Å².